The Kier molecular flexibility index (Phi) is 4.67. The number of rotatable bonds is 3. The molecule has 1 saturated heterocycles. The summed E-state index contributed by atoms with van der Waals surface area (Å²) < 4.78 is 16.6. The van der Waals surface area contributed by atoms with Gasteiger partial charge in [0.2, 0.25) is 0 Å². The number of alkyl halides is 2. The Morgan fingerprint density at radius 3 is 2.59 bits per heavy atom. The third-order valence-electron chi connectivity index (χ3n) is 4.98. The topological polar surface area (TPSA) is 52.2 Å². The van der Waals surface area contributed by atoms with Gasteiger partial charge in [-0.3, -0.25) is 0 Å². The zero-order chi connectivity index (χ0) is 19.2. The van der Waals surface area contributed by atoms with E-state index < -0.39 is 20.1 Å². The van der Waals surface area contributed by atoms with Gasteiger partial charge in [-0.1, -0.05) is 0 Å². The van der Waals surface area contributed by atoms with Gasteiger partial charge in [-0.2, -0.15) is 0 Å². The third kappa shape index (κ3) is 3.23. The normalized spacial score (nSPS) is 21.4. The molecule has 1 aliphatic heterocycles. The van der Waals surface area contributed by atoms with Crippen molar-refractivity contribution in [2.45, 2.75) is 10.3 Å². The van der Waals surface area contributed by atoms with Crippen molar-refractivity contribution in [1.29, 1.82) is 0 Å². The number of hydrogen-bond donors (Lipinski definition) is 1. The zero-order valence-corrected chi connectivity index (χ0v) is 17.7. The van der Waals surface area contributed by atoms with Crippen molar-refractivity contribution in [3.63, 3.8) is 0 Å². The first-order valence-corrected chi connectivity index (χ1v) is 12.3. The average Bonchev–Trinajstić information content (AvgIpc) is 3.01. The molecule has 0 saturated carbocycles. The SMILES string of the molecule is CN(C)I1CN(c2nc3ccccc3c(=O)[nH]2)CC1(C)c1ccc(F)cc1. The van der Waals surface area contributed by atoms with Crippen LogP contribution in [0.4, 0.5) is 10.3 Å². The molecule has 0 aliphatic carbocycles. The molecule has 1 N–H and O–H groups in total. The Morgan fingerprint density at radius 2 is 1.89 bits per heavy atom. The van der Waals surface area contributed by atoms with Crippen molar-refractivity contribution in [3.05, 3.63) is 70.3 Å². The summed E-state index contributed by atoms with van der Waals surface area (Å²) >= 11 is -1.67. The molecule has 142 valence electrons. The minimum absolute atomic E-state index is 0.0642. The van der Waals surface area contributed by atoms with Crippen LogP contribution < -0.4 is 10.5 Å². The molecule has 2 heterocycles. The molecule has 0 amide bonds. The Balaban J connectivity index is 1.76. The van der Waals surface area contributed by atoms with Gasteiger partial charge in [-0.05, 0) is 0 Å². The van der Waals surface area contributed by atoms with Crippen LogP contribution in [0.2, 0.25) is 0 Å². The molecule has 7 heteroatoms. The Labute approximate surface area is 165 Å². The van der Waals surface area contributed by atoms with Gasteiger partial charge in [-0.15, -0.1) is 0 Å². The first-order chi connectivity index (χ1) is 12.9. The summed E-state index contributed by atoms with van der Waals surface area (Å²) in [5.74, 6) is 0.400. The maximum atomic E-state index is 13.4. The second-order valence-corrected chi connectivity index (χ2v) is 14.0. The summed E-state index contributed by atoms with van der Waals surface area (Å²) in [7, 11) is 4.24. The van der Waals surface area contributed by atoms with Crippen molar-refractivity contribution >= 4 is 36.9 Å². The monoisotopic (exact) mass is 480 g/mol. The molecule has 1 atom stereocenters. The predicted octanol–water partition coefficient (Wildman–Crippen LogP) is 3.74. The summed E-state index contributed by atoms with van der Waals surface area (Å²) in [6, 6.07) is 14.2. The summed E-state index contributed by atoms with van der Waals surface area (Å²) in [5, 5.41) is 0.602. The van der Waals surface area contributed by atoms with Crippen LogP contribution in [0.1, 0.15) is 12.5 Å². The molecule has 4 rings (SSSR count). The molecule has 5 nitrogen and oxygen atoms in total. The fourth-order valence-corrected chi connectivity index (χ4v) is 10.3. The van der Waals surface area contributed by atoms with Crippen LogP contribution in [-0.2, 0) is 3.42 Å². The average molecular weight is 480 g/mol. The van der Waals surface area contributed by atoms with E-state index in [1.807, 2.05) is 30.3 Å². The number of nitrogens with one attached hydrogen (secondary N) is 1. The zero-order valence-electron chi connectivity index (χ0n) is 15.5. The molecule has 0 bridgehead atoms. The standard InChI is InChI=1S/C20H22FIN4O/c1-20(14-8-10-15(21)11-9-14)12-26(13-22(20)25(2)3)19-23-17-7-5-4-6-16(17)18(27)24-19/h4-11H,12-13H2,1-3H3,(H,23,24,27). The van der Waals surface area contributed by atoms with E-state index >= 15 is 0 Å². The van der Waals surface area contributed by atoms with E-state index in [1.165, 1.54) is 12.1 Å². The Morgan fingerprint density at radius 1 is 1.19 bits per heavy atom. The number of nitrogens with zero attached hydrogens (tertiary/aromatic N) is 3. The quantitative estimate of drug-likeness (QED) is 0.269. The van der Waals surface area contributed by atoms with Gasteiger partial charge in [0, 0.05) is 0 Å². The summed E-state index contributed by atoms with van der Waals surface area (Å²) in [4.78, 5) is 22.3. The summed E-state index contributed by atoms with van der Waals surface area (Å²) in [6.45, 7) is 3.01. The minimum atomic E-state index is -1.67. The summed E-state index contributed by atoms with van der Waals surface area (Å²) in [5.41, 5.74) is 1.74. The number of aromatic nitrogens is 2. The fourth-order valence-electron chi connectivity index (χ4n) is 3.59. The molecular formula is C20H22FIN4O. The van der Waals surface area contributed by atoms with E-state index in [2.05, 4.69) is 34.0 Å². The molecule has 3 aromatic rings. The van der Waals surface area contributed by atoms with Gasteiger partial charge in [0.25, 0.3) is 0 Å². The van der Waals surface area contributed by atoms with Gasteiger partial charge < -0.3 is 0 Å². The van der Waals surface area contributed by atoms with Gasteiger partial charge in [-0.25, -0.2) is 0 Å². The molecular weight excluding hydrogens is 458 g/mol. The first-order valence-electron chi connectivity index (χ1n) is 8.72. The van der Waals surface area contributed by atoms with E-state index in [0.717, 1.165) is 16.7 Å². The van der Waals surface area contributed by atoms with Crippen LogP contribution in [-0.4, -0.2) is 38.3 Å². The van der Waals surface area contributed by atoms with Crippen molar-refractivity contribution in [3.8, 4) is 0 Å². The second-order valence-electron chi connectivity index (χ2n) is 7.05. The number of hydrogen-bond acceptors (Lipinski definition) is 4. The molecule has 1 aliphatic rings. The number of fused-ring (bicyclic) bond motifs is 1. The Hall–Kier alpha value is -2.00. The molecule has 2 aromatic carbocycles. The third-order valence-corrected chi connectivity index (χ3v) is 12.5. The van der Waals surface area contributed by atoms with Crippen molar-refractivity contribution < 1.29 is 4.39 Å². The molecule has 27 heavy (non-hydrogen) atoms. The maximum absolute atomic E-state index is 13.4. The number of anilines is 1. The van der Waals surface area contributed by atoms with Gasteiger partial charge >= 0.3 is 165 Å². The van der Waals surface area contributed by atoms with Crippen LogP contribution in [0.3, 0.4) is 0 Å². The number of benzene rings is 2. The number of para-hydroxylation sites is 1. The van der Waals surface area contributed by atoms with Crippen LogP contribution in [0.25, 0.3) is 10.9 Å². The van der Waals surface area contributed by atoms with Gasteiger partial charge in [0.05, 0.1) is 0 Å². The fraction of sp³-hybridized carbons (Fsp3) is 0.300. The predicted molar refractivity (Wildman–Crippen MR) is 116 cm³/mol. The van der Waals surface area contributed by atoms with Crippen LogP contribution in [0, 0.1) is 5.82 Å². The molecule has 1 aromatic heterocycles. The van der Waals surface area contributed by atoms with E-state index in [-0.39, 0.29) is 14.8 Å². The van der Waals surface area contributed by atoms with Crippen molar-refractivity contribution in [2.75, 3.05) is 30.1 Å². The second kappa shape index (κ2) is 6.87. The van der Waals surface area contributed by atoms with Gasteiger partial charge in [0.1, 0.15) is 0 Å². The molecule has 0 radical (unpaired) electrons. The van der Waals surface area contributed by atoms with E-state index in [0.29, 0.717) is 16.9 Å². The molecule has 0 spiro atoms. The Bertz CT molecular complexity index is 1040. The molecule has 1 fully saturated rings. The van der Waals surface area contributed by atoms with Crippen molar-refractivity contribution in [2.24, 2.45) is 0 Å². The molecule has 1 unspecified atom stereocenters. The van der Waals surface area contributed by atoms with E-state index in [1.54, 1.807) is 6.07 Å². The number of H-pyrrole nitrogens is 1. The van der Waals surface area contributed by atoms with Crippen LogP contribution in [0.5, 0.6) is 0 Å². The van der Waals surface area contributed by atoms with Crippen LogP contribution >= 0.6 is 20.1 Å². The van der Waals surface area contributed by atoms with Crippen LogP contribution in [0.15, 0.2) is 53.3 Å². The van der Waals surface area contributed by atoms with E-state index in [9.17, 15) is 9.18 Å². The number of aromatic amines is 1. The summed E-state index contributed by atoms with van der Waals surface area (Å²) in [6.07, 6.45) is 0. The van der Waals surface area contributed by atoms with Gasteiger partial charge in [0.15, 0.2) is 0 Å². The van der Waals surface area contributed by atoms with Crippen molar-refractivity contribution in [1.82, 2.24) is 13.1 Å². The first kappa shape index (κ1) is 18.4. The van der Waals surface area contributed by atoms with E-state index in [4.69, 9.17) is 4.98 Å². The number of halogens is 2.